The maximum Gasteiger partial charge on any atom is 0.225 e. The van der Waals surface area contributed by atoms with Gasteiger partial charge < -0.3 is 0 Å². The molecular formula is C8H16ClNO2S. The van der Waals surface area contributed by atoms with Gasteiger partial charge in [-0.2, -0.15) is 0 Å². The molecule has 3 nitrogen and oxygen atoms in total. The second-order valence-electron chi connectivity index (χ2n) is 3.67. The lowest BCUT2D eigenvalue weighted by Gasteiger charge is -2.19. The lowest BCUT2D eigenvalue weighted by molar-refractivity contribution is 0.425. The summed E-state index contributed by atoms with van der Waals surface area (Å²) in [6.07, 6.45) is 4.70. The zero-order valence-electron chi connectivity index (χ0n) is 7.79. The van der Waals surface area contributed by atoms with Crippen molar-refractivity contribution in [2.75, 3.05) is 5.21 Å². The molecular weight excluding hydrogens is 210 g/mol. The Kier molecular flexibility index (Phi) is 4.01. The summed E-state index contributed by atoms with van der Waals surface area (Å²) in [5.74, 6) is 0.498. The maximum absolute atomic E-state index is 11.1. The second kappa shape index (κ2) is 4.62. The SMILES string of the molecule is C[C@H](NS(=O)(=O)CCl)C1CCCC1. The molecule has 0 heterocycles. The molecule has 1 saturated carbocycles. The molecule has 1 atom stereocenters. The molecule has 1 N–H and O–H groups in total. The zero-order valence-corrected chi connectivity index (χ0v) is 9.37. The van der Waals surface area contributed by atoms with Crippen LogP contribution in [0.25, 0.3) is 0 Å². The molecule has 0 saturated heterocycles. The zero-order chi connectivity index (χ0) is 9.90. The summed E-state index contributed by atoms with van der Waals surface area (Å²) >= 11 is 5.29. The van der Waals surface area contributed by atoms with Gasteiger partial charge in [0.05, 0.1) is 0 Å². The quantitative estimate of drug-likeness (QED) is 0.740. The Labute approximate surface area is 84.9 Å². The summed E-state index contributed by atoms with van der Waals surface area (Å²) in [5.41, 5.74) is 0. The highest BCUT2D eigenvalue weighted by molar-refractivity contribution is 7.90. The van der Waals surface area contributed by atoms with E-state index in [1.165, 1.54) is 12.8 Å². The standard InChI is InChI=1S/C8H16ClNO2S/c1-7(8-4-2-3-5-8)10-13(11,12)6-9/h7-8,10H,2-6H2,1H3/t7-/m0/s1. The van der Waals surface area contributed by atoms with Crippen molar-refractivity contribution in [1.82, 2.24) is 4.72 Å². The van der Waals surface area contributed by atoms with Gasteiger partial charge in [0.25, 0.3) is 0 Å². The van der Waals surface area contributed by atoms with E-state index < -0.39 is 10.0 Å². The van der Waals surface area contributed by atoms with Gasteiger partial charge >= 0.3 is 0 Å². The highest BCUT2D eigenvalue weighted by Crippen LogP contribution is 2.27. The number of hydrogen-bond donors (Lipinski definition) is 1. The Balaban J connectivity index is 2.44. The average molecular weight is 226 g/mol. The fourth-order valence-corrected chi connectivity index (χ4v) is 2.88. The van der Waals surface area contributed by atoms with E-state index >= 15 is 0 Å². The van der Waals surface area contributed by atoms with Crippen LogP contribution in [0.5, 0.6) is 0 Å². The fourth-order valence-electron chi connectivity index (χ4n) is 1.87. The Morgan fingerprint density at radius 2 is 2.00 bits per heavy atom. The van der Waals surface area contributed by atoms with Crippen LogP contribution in [0.2, 0.25) is 0 Å². The van der Waals surface area contributed by atoms with Crippen molar-refractivity contribution in [1.29, 1.82) is 0 Å². The lowest BCUT2D eigenvalue weighted by Crippen LogP contribution is -2.37. The van der Waals surface area contributed by atoms with E-state index in [9.17, 15) is 8.42 Å². The Morgan fingerprint density at radius 1 is 1.46 bits per heavy atom. The molecule has 1 aliphatic carbocycles. The van der Waals surface area contributed by atoms with E-state index in [1.807, 2.05) is 6.92 Å². The third-order valence-corrected chi connectivity index (χ3v) is 4.50. The molecule has 13 heavy (non-hydrogen) atoms. The summed E-state index contributed by atoms with van der Waals surface area (Å²) in [4.78, 5) is 0. The van der Waals surface area contributed by atoms with Crippen molar-refractivity contribution in [3.63, 3.8) is 0 Å². The minimum atomic E-state index is -3.24. The first kappa shape index (κ1) is 11.3. The molecule has 1 aliphatic rings. The highest BCUT2D eigenvalue weighted by atomic mass is 35.5. The van der Waals surface area contributed by atoms with E-state index in [1.54, 1.807) is 0 Å². The molecule has 0 radical (unpaired) electrons. The van der Waals surface area contributed by atoms with Crippen molar-refractivity contribution < 1.29 is 8.42 Å². The Morgan fingerprint density at radius 3 is 2.46 bits per heavy atom. The molecule has 0 spiro atoms. The molecule has 78 valence electrons. The van der Waals surface area contributed by atoms with Crippen LogP contribution < -0.4 is 4.72 Å². The van der Waals surface area contributed by atoms with Crippen molar-refractivity contribution >= 4 is 21.6 Å². The van der Waals surface area contributed by atoms with Gasteiger partial charge in [-0.3, -0.25) is 0 Å². The molecule has 0 aromatic rings. The normalized spacial score (nSPS) is 22.0. The summed E-state index contributed by atoms with van der Waals surface area (Å²) in [7, 11) is -3.24. The van der Waals surface area contributed by atoms with E-state index in [-0.39, 0.29) is 11.3 Å². The molecule has 5 heteroatoms. The van der Waals surface area contributed by atoms with Gasteiger partial charge in [-0.05, 0) is 25.7 Å². The molecule has 1 rings (SSSR count). The van der Waals surface area contributed by atoms with Crippen LogP contribution in [-0.4, -0.2) is 19.7 Å². The van der Waals surface area contributed by atoms with Crippen LogP contribution in [0.1, 0.15) is 32.6 Å². The van der Waals surface area contributed by atoms with Crippen LogP contribution in [0.4, 0.5) is 0 Å². The first-order valence-electron chi connectivity index (χ1n) is 4.61. The van der Waals surface area contributed by atoms with E-state index in [0.29, 0.717) is 5.92 Å². The van der Waals surface area contributed by atoms with E-state index in [2.05, 4.69) is 4.72 Å². The smallest absolute Gasteiger partial charge is 0.211 e. The van der Waals surface area contributed by atoms with Gasteiger partial charge in [-0.15, -0.1) is 11.6 Å². The monoisotopic (exact) mass is 225 g/mol. The lowest BCUT2D eigenvalue weighted by atomic mass is 10.0. The van der Waals surface area contributed by atoms with Crippen molar-refractivity contribution in [3.8, 4) is 0 Å². The van der Waals surface area contributed by atoms with E-state index in [4.69, 9.17) is 11.6 Å². The number of hydrogen-bond acceptors (Lipinski definition) is 2. The number of nitrogens with one attached hydrogen (secondary N) is 1. The summed E-state index contributed by atoms with van der Waals surface area (Å²) in [6, 6.07) is 0.0336. The number of rotatable bonds is 4. The molecule has 0 aromatic carbocycles. The third-order valence-electron chi connectivity index (χ3n) is 2.62. The molecule has 1 fully saturated rings. The summed E-state index contributed by atoms with van der Waals surface area (Å²) in [6.45, 7) is 1.92. The molecule has 0 unspecified atom stereocenters. The molecule has 0 amide bonds. The number of halogens is 1. The fraction of sp³-hybridized carbons (Fsp3) is 1.00. The number of sulfonamides is 1. The van der Waals surface area contributed by atoms with Gasteiger partial charge in [-0.1, -0.05) is 12.8 Å². The van der Waals surface area contributed by atoms with E-state index in [0.717, 1.165) is 12.8 Å². The minimum Gasteiger partial charge on any atom is -0.211 e. The van der Waals surface area contributed by atoms with Crippen molar-refractivity contribution in [3.05, 3.63) is 0 Å². The summed E-state index contributed by atoms with van der Waals surface area (Å²) < 4.78 is 24.8. The van der Waals surface area contributed by atoms with Gasteiger partial charge in [0.2, 0.25) is 10.0 Å². The predicted octanol–water partition coefficient (Wildman–Crippen LogP) is 1.68. The molecule has 0 aromatic heterocycles. The average Bonchev–Trinajstić information content (AvgIpc) is 2.55. The second-order valence-corrected chi connectivity index (χ2v) is 6.01. The predicted molar refractivity (Wildman–Crippen MR) is 54.2 cm³/mol. The van der Waals surface area contributed by atoms with Gasteiger partial charge in [0.1, 0.15) is 5.21 Å². The largest absolute Gasteiger partial charge is 0.225 e. The molecule has 0 bridgehead atoms. The highest BCUT2D eigenvalue weighted by Gasteiger charge is 2.24. The van der Waals surface area contributed by atoms with Crippen LogP contribution in [-0.2, 0) is 10.0 Å². The van der Waals surface area contributed by atoms with Crippen molar-refractivity contribution in [2.24, 2.45) is 5.92 Å². The first-order chi connectivity index (χ1) is 6.05. The van der Waals surface area contributed by atoms with Crippen LogP contribution in [0.3, 0.4) is 0 Å². The van der Waals surface area contributed by atoms with Gasteiger partial charge in [-0.25, -0.2) is 13.1 Å². The van der Waals surface area contributed by atoms with Crippen LogP contribution in [0.15, 0.2) is 0 Å². The number of alkyl halides is 1. The Hall–Kier alpha value is 0.200. The van der Waals surface area contributed by atoms with Crippen molar-refractivity contribution in [2.45, 2.75) is 38.6 Å². The van der Waals surface area contributed by atoms with Crippen LogP contribution in [0, 0.1) is 5.92 Å². The minimum absolute atomic E-state index is 0.0336. The first-order valence-corrected chi connectivity index (χ1v) is 6.80. The van der Waals surface area contributed by atoms with Gasteiger partial charge in [0, 0.05) is 6.04 Å². The summed E-state index contributed by atoms with van der Waals surface area (Å²) in [5, 5.41) is -0.343. The van der Waals surface area contributed by atoms with Gasteiger partial charge in [0.15, 0.2) is 0 Å². The van der Waals surface area contributed by atoms with Crippen LogP contribution >= 0.6 is 11.6 Å². The topological polar surface area (TPSA) is 46.2 Å². The third kappa shape index (κ3) is 3.44. The Bertz CT molecular complexity index is 247. The molecule has 0 aliphatic heterocycles. The maximum atomic E-state index is 11.1.